The lowest BCUT2D eigenvalue weighted by Gasteiger charge is -2.42. The van der Waals surface area contributed by atoms with Gasteiger partial charge >= 0.3 is 18.2 Å². The molecular formula is C42H62F3N5O6S. The SMILES string of the molecule is C/C(=C\CN(C)C(=O)C(NC(=O)C(N(C)C(=O)OC(C)(C)C)C(C)(C)c1ccccc1)C(C)(C)C)C(=O)NSCc1ccc(CNC(=O)C(F)(F)F)cc1.CCC. The van der Waals surface area contributed by atoms with Crippen LogP contribution in [0, 0.1) is 5.41 Å². The molecule has 0 aliphatic rings. The number of rotatable bonds is 14. The van der Waals surface area contributed by atoms with Crippen molar-refractivity contribution in [3.05, 3.63) is 82.9 Å². The lowest BCUT2D eigenvalue weighted by Crippen LogP contribution is -2.62. The maximum absolute atomic E-state index is 14.3. The zero-order chi connectivity index (χ0) is 43.9. The van der Waals surface area contributed by atoms with Crippen LogP contribution in [-0.4, -0.2) is 84.0 Å². The third kappa shape index (κ3) is 16.8. The number of nitrogens with one attached hydrogen (secondary N) is 3. The van der Waals surface area contributed by atoms with E-state index in [9.17, 15) is 37.1 Å². The molecule has 5 amide bonds. The molecule has 57 heavy (non-hydrogen) atoms. The highest BCUT2D eigenvalue weighted by Gasteiger charge is 2.45. The Bertz CT molecular complexity index is 1670. The summed E-state index contributed by atoms with van der Waals surface area (Å²) in [7, 11) is 3.07. The second-order valence-corrected chi connectivity index (χ2v) is 17.2. The number of alkyl halides is 3. The number of amides is 5. The van der Waals surface area contributed by atoms with E-state index in [0.29, 0.717) is 16.9 Å². The third-order valence-corrected chi connectivity index (χ3v) is 9.27. The van der Waals surface area contributed by atoms with Gasteiger partial charge in [-0.25, -0.2) is 4.79 Å². The fraction of sp³-hybridized carbons (Fsp3) is 0.548. The zero-order valence-electron chi connectivity index (χ0n) is 35.6. The van der Waals surface area contributed by atoms with Crippen molar-refractivity contribution >= 4 is 41.7 Å². The maximum atomic E-state index is 14.3. The molecule has 3 N–H and O–H groups in total. The Hall–Kier alpha value is -4.53. The Morgan fingerprint density at radius 3 is 1.86 bits per heavy atom. The van der Waals surface area contributed by atoms with Gasteiger partial charge in [-0.1, -0.05) is 116 Å². The molecule has 0 heterocycles. The van der Waals surface area contributed by atoms with Crippen LogP contribution >= 0.6 is 11.9 Å². The van der Waals surface area contributed by atoms with E-state index < -0.39 is 58.5 Å². The summed E-state index contributed by atoms with van der Waals surface area (Å²) in [5.74, 6) is -2.96. The summed E-state index contributed by atoms with van der Waals surface area (Å²) in [6.45, 7) is 20.0. The first kappa shape index (κ1) is 50.5. The van der Waals surface area contributed by atoms with Crippen molar-refractivity contribution in [3.63, 3.8) is 0 Å². The number of carbonyl (C=O) groups is 5. The summed E-state index contributed by atoms with van der Waals surface area (Å²) >= 11 is 1.11. The predicted molar refractivity (Wildman–Crippen MR) is 220 cm³/mol. The summed E-state index contributed by atoms with van der Waals surface area (Å²) < 4.78 is 45.5. The Kier molecular flexibility index (Phi) is 19.3. The monoisotopic (exact) mass is 821 g/mol. The van der Waals surface area contributed by atoms with Crippen molar-refractivity contribution < 1.29 is 41.9 Å². The van der Waals surface area contributed by atoms with E-state index in [4.69, 9.17) is 4.74 Å². The molecule has 2 unspecified atom stereocenters. The first-order valence-corrected chi connectivity index (χ1v) is 19.7. The molecular weight excluding hydrogens is 760 g/mol. The van der Waals surface area contributed by atoms with Crippen molar-refractivity contribution in [2.45, 2.75) is 124 Å². The van der Waals surface area contributed by atoms with E-state index in [1.807, 2.05) is 70.3 Å². The van der Waals surface area contributed by atoms with Crippen LogP contribution in [0.4, 0.5) is 18.0 Å². The standard InChI is InChI=1S/C39H54F3N5O6S.C3H8/c1-25(31(48)45-54-24-27-19-17-26(18-20-27)23-43-34(51)39(40,41)42)21-22-46(10)33(50)29(36(2,3)4)44-32(49)30(47(11)35(52)53-37(5,6)7)38(8,9)28-15-13-12-14-16-28;1-3-2/h12-21,29-30H,22-24H2,1-11H3,(H,43,51)(H,44,49)(H,45,48);3H2,1-2H3/b25-21+;. The highest BCUT2D eigenvalue weighted by Crippen LogP contribution is 2.32. The summed E-state index contributed by atoms with van der Waals surface area (Å²) in [6.07, 6.45) is -2.80. The first-order chi connectivity index (χ1) is 26.2. The molecule has 2 aromatic rings. The molecule has 2 aromatic carbocycles. The van der Waals surface area contributed by atoms with Gasteiger partial charge in [-0.05, 0) is 61.7 Å². The Balaban J connectivity index is 0.00000524. The topological polar surface area (TPSA) is 137 Å². The average molecular weight is 822 g/mol. The fourth-order valence-corrected chi connectivity index (χ4v) is 6.02. The minimum Gasteiger partial charge on any atom is -0.444 e. The van der Waals surface area contributed by atoms with Gasteiger partial charge in [0.25, 0.3) is 5.91 Å². The lowest BCUT2D eigenvalue weighted by atomic mass is 9.76. The molecule has 0 spiro atoms. The molecule has 318 valence electrons. The van der Waals surface area contributed by atoms with Gasteiger partial charge in [0, 0.05) is 43.9 Å². The van der Waals surface area contributed by atoms with Crippen LogP contribution in [0.5, 0.6) is 0 Å². The summed E-state index contributed by atoms with van der Waals surface area (Å²) in [5.41, 5.74) is -0.0194. The molecule has 2 rings (SSSR count). The van der Waals surface area contributed by atoms with Crippen LogP contribution in [0.1, 0.15) is 99.3 Å². The molecule has 15 heteroatoms. The summed E-state index contributed by atoms with van der Waals surface area (Å²) in [5, 5.41) is 4.75. The van der Waals surface area contributed by atoms with E-state index in [1.54, 1.807) is 65.1 Å². The molecule has 0 aliphatic heterocycles. The predicted octanol–water partition coefficient (Wildman–Crippen LogP) is 7.69. The number of benzene rings is 2. The number of halogens is 3. The number of hydrogen-bond donors (Lipinski definition) is 3. The van der Waals surface area contributed by atoms with Crippen molar-refractivity contribution in [1.82, 2.24) is 25.2 Å². The van der Waals surface area contributed by atoms with Gasteiger partial charge in [0.15, 0.2) is 0 Å². The van der Waals surface area contributed by atoms with Gasteiger partial charge in [0.05, 0.1) is 0 Å². The molecule has 0 aliphatic carbocycles. The van der Waals surface area contributed by atoms with E-state index >= 15 is 0 Å². The number of likely N-dealkylation sites (N-methyl/N-ethyl adjacent to an activating group) is 2. The average Bonchev–Trinajstić information content (AvgIpc) is 3.10. The Labute approximate surface area is 341 Å². The number of ether oxygens (including phenoxy) is 1. The molecule has 11 nitrogen and oxygen atoms in total. The molecule has 0 bridgehead atoms. The summed E-state index contributed by atoms with van der Waals surface area (Å²) in [4.78, 5) is 68.0. The van der Waals surface area contributed by atoms with Crippen LogP contribution in [0.3, 0.4) is 0 Å². The number of nitrogens with zero attached hydrogens (tertiary/aromatic N) is 2. The van der Waals surface area contributed by atoms with Crippen LogP contribution in [0.15, 0.2) is 66.2 Å². The normalized spacial score (nSPS) is 13.2. The maximum Gasteiger partial charge on any atom is 0.471 e. The molecule has 0 saturated carbocycles. The molecule has 2 atom stereocenters. The minimum absolute atomic E-state index is 0.0638. The van der Waals surface area contributed by atoms with Gasteiger partial charge in [0.2, 0.25) is 11.8 Å². The third-order valence-electron chi connectivity index (χ3n) is 8.46. The van der Waals surface area contributed by atoms with Crippen molar-refractivity contribution in [2.75, 3.05) is 20.6 Å². The second-order valence-electron chi connectivity index (χ2n) is 16.4. The van der Waals surface area contributed by atoms with Crippen LogP contribution in [-0.2, 0) is 41.6 Å². The fourth-order valence-electron chi connectivity index (χ4n) is 5.30. The molecule has 0 saturated heterocycles. The quantitative estimate of drug-likeness (QED) is 0.131. The van der Waals surface area contributed by atoms with Crippen molar-refractivity contribution in [2.24, 2.45) is 5.41 Å². The van der Waals surface area contributed by atoms with Crippen LogP contribution in [0.25, 0.3) is 0 Å². The van der Waals surface area contributed by atoms with E-state index in [0.717, 1.165) is 23.1 Å². The highest BCUT2D eigenvalue weighted by atomic mass is 32.2. The first-order valence-electron chi connectivity index (χ1n) is 18.8. The Morgan fingerprint density at radius 2 is 1.37 bits per heavy atom. The smallest absolute Gasteiger partial charge is 0.444 e. The van der Waals surface area contributed by atoms with Gasteiger partial charge < -0.3 is 20.3 Å². The number of hydrogen-bond acceptors (Lipinski definition) is 7. The number of carbonyl (C=O) groups excluding carboxylic acids is 5. The van der Waals surface area contributed by atoms with Crippen LogP contribution in [0.2, 0.25) is 0 Å². The highest BCUT2D eigenvalue weighted by molar-refractivity contribution is 7.97. The van der Waals surface area contributed by atoms with Crippen LogP contribution < -0.4 is 15.4 Å². The van der Waals surface area contributed by atoms with Gasteiger partial charge in [-0.2, -0.15) is 13.2 Å². The molecule has 0 aromatic heterocycles. The second kappa shape index (κ2) is 21.8. The van der Waals surface area contributed by atoms with Crippen molar-refractivity contribution in [1.29, 1.82) is 0 Å². The van der Waals surface area contributed by atoms with Crippen molar-refractivity contribution in [3.8, 4) is 0 Å². The minimum atomic E-state index is -4.95. The van der Waals surface area contributed by atoms with E-state index in [1.165, 1.54) is 23.3 Å². The Morgan fingerprint density at radius 1 is 0.842 bits per heavy atom. The van der Waals surface area contributed by atoms with E-state index in [2.05, 4.69) is 23.9 Å². The summed E-state index contributed by atoms with van der Waals surface area (Å²) in [6, 6.07) is 13.8. The van der Waals surface area contributed by atoms with Gasteiger partial charge in [-0.15, -0.1) is 0 Å². The zero-order valence-corrected chi connectivity index (χ0v) is 36.5. The molecule has 0 fully saturated rings. The van der Waals surface area contributed by atoms with Gasteiger partial charge in [0.1, 0.15) is 17.7 Å². The van der Waals surface area contributed by atoms with E-state index in [-0.39, 0.29) is 19.0 Å². The van der Waals surface area contributed by atoms with Gasteiger partial charge in [-0.3, -0.25) is 28.8 Å². The molecule has 0 radical (unpaired) electrons. The largest absolute Gasteiger partial charge is 0.471 e. The lowest BCUT2D eigenvalue weighted by molar-refractivity contribution is -0.173.